The van der Waals surface area contributed by atoms with Crippen LogP contribution in [0.4, 0.5) is 11.6 Å². The van der Waals surface area contributed by atoms with Gasteiger partial charge < -0.3 is 21.1 Å². The molecule has 4 N–H and O–H groups in total. The number of nitrogen functional groups attached to an aromatic ring is 1. The van der Waals surface area contributed by atoms with Crippen molar-refractivity contribution in [2.45, 2.75) is 39.5 Å². The van der Waals surface area contributed by atoms with Gasteiger partial charge in [0.25, 0.3) is 0 Å². The summed E-state index contributed by atoms with van der Waals surface area (Å²) in [6.45, 7) is 3.56. The predicted molar refractivity (Wildman–Crippen MR) is 162 cm³/mol. The number of hydrogen-bond donors (Lipinski definition) is 3. The van der Waals surface area contributed by atoms with E-state index >= 15 is 0 Å². The Morgan fingerprint density at radius 3 is 2.27 bits per heavy atom. The maximum atomic E-state index is 13.2. The molecular formula is C32H36N6O2. The van der Waals surface area contributed by atoms with E-state index in [4.69, 9.17) is 15.5 Å². The van der Waals surface area contributed by atoms with Gasteiger partial charge in [0.15, 0.2) is 5.78 Å². The molecule has 2 aromatic carbocycles. The van der Waals surface area contributed by atoms with Gasteiger partial charge in [-0.2, -0.15) is 0 Å². The van der Waals surface area contributed by atoms with Crippen LogP contribution in [0.1, 0.15) is 50.7 Å². The minimum Gasteiger partial charge on any atom is -0.497 e. The van der Waals surface area contributed by atoms with E-state index in [0.717, 1.165) is 47.4 Å². The fraction of sp³-hybridized carbons (Fsp3) is 0.250. The Bertz CT molecular complexity index is 1450. The number of methoxy groups -OCH3 is 1. The van der Waals surface area contributed by atoms with Gasteiger partial charge in [-0.3, -0.25) is 9.79 Å². The van der Waals surface area contributed by atoms with Crippen molar-refractivity contribution in [1.29, 1.82) is 0 Å². The number of Topliss-reactive ketones (excluding diaryl/α,β-unsaturated/α-hetero) is 1. The maximum Gasteiger partial charge on any atom is 0.164 e. The second kappa shape index (κ2) is 13.4. The summed E-state index contributed by atoms with van der Waals surface area (Å²) >= 11 is 0. The van der Waals surface area contributed by atoms with Crippen molar-refractivity contribution in [3.63, 3.8) is 0 Å². The number of ether oxygens (including phenoxy) is 1. The second-order valence-corrected chi connectivity index (χ2v) is 9.52. The van der Waals surface area contributed by atoms with Crippen LogP contribution in [0.5, 0.6) is 5.75 Å². The van der Waals surface area contributed by atoms with Crippen LogP contribution in [-0.4, -0.2) is 35.6 Å². The van der Waals surface area contributed by atoms with Crippen molar-refractivity contribution < 1.29 is 9.53 Å². The molecule has 1 heterocycles. The third-order valence-electron chi connectivity index (χ3n) is 6.71. The second-order valence-electron chi connectivity index (χ2n) is 9.52. The fourth-order valence-corrected chi connectivity index (χ4v) is 4.84. The van der Waals surface area contributed by atoms with Crippen LogP contribution < -0.4 is 21.1 Å². The molecule has 8 nitrogen and oxygen atoms in total. The van der Waals surface area contributed by atoms with Gasteiger partial charge in [0.1, 0.15) is 23.2 Å². The van der Waals surface area contributed by atoms with E-state index < -0.39 is 0 Å². The van der Waals surface area contributed by atoms with E-state index in [2.05, 4.69) is 38.8 Å². The van der Waals surface area contributed by atoms with Crippen LogP contribution in [-0.2, 0) is 4.79 Å². The Kier molecular flexibility index (Phi) is 9.46. The Labute approximate surface area is 235 Å². The summed E-state index contributed by atoms with van der Waals surface area (Å²) in [5, 5.41) is 6.84. The zero-order valence-electron chi connectivity index (χ0n) is 23.5. The topological polar surface area (TPSA) is 115 Å². The summed E-state index contributed by atoms with van der Waals surface area (Å²) in [4.78, 5) is 26.4. The third-order valence-corrected chi connectivity index (χ3v) is 6.71. The Hall–Kier alpha value is -4.72. The third kappa shape index (κ3) is 6.83. The first-order valence-corrected chi connectivity index (χ1v) is 13.3. The molecule has 0 saturated heterocycles. The van der Waals surface area contributed by atoms with Gasteiger partial charge in [-0.15, -0.1) is 0 Å². The molecule has 0 aliphatic heterocycles. The molecule has 1 aliphatic rings. The molecule has 0 radical (unpaired) electrons. The molecule has 1 aromatic heterocycles. The number of nitrogens with two attached hydrogens (primary N) is 1. The van der Waals surface area contributed by atoms with Gasteiger partial charge in [0, 0.05) is 23.9 Å². The quantitative estimate of drug-likeness (QED) is 0.218. The number of nitrogens with one attached hydrogen (secondary N) is 2. The molecule has 206 valence electrons. The average Bonchev–Trinajstić information content (AvgIpc) is 2.98. The molecule has 8 heteroatoms. The van der Waals surface area contributed by atoms with E-state index in [1.54, 1.807) is 14.0 Å². The summed E-state index contributed by atoms with van der Waals surface area (Å²) < 4.78 is 5.33. The van der Waals surface area contributed by atoms with E-state index in [1.807, 2.05) is 56.4 Å². The highest BCUT2D eigenvalue weighted by Crippen LogP contribution is 2.30. The monoisotopic (exact) mass is 536 g/mol. The first-order chi connectivity index (χ1) is 19.4. The van der Waals surface area contributed by atoms with Gasteiger partial charge in [0.2, 0.25) is 0 Å². The molecule has 0 bridgehead atoms. The number of ketones is 1. The van der Waals surface area contributed by atoms with Crippen LogP contribution in [0.25, 0.3) is 5.57 Å². The number of anilines is 2. The smallest absolute Gasteiger partial charge is 0.164 e. The molecule has 0 amide bonds. The zero-order valence-corrected chi connectivity index (χ0v) is 23.5. The molecule has 0 atom stereocenters. The Morgan fingerprint density at radius 1 is 0.950 bits per heavy atom. The normalized spacial score (nSPS) is 14.9. The fourth-order valence-electron chi connectivity index (χ4n) is 4.84. The largest absolute Gasteiger partial charge is 0.497 e. The first-order valence-electron chi connectivity index (χ1n) is 13.3. The summed E-state index contributed by atoms with van der Waals surface area (Å²) in [5.41, 5.74) is 12.0. The van der Waals surface area contributed by atoms with Gasteiger partial charge >= 0.3 is 0 Å². The number of nitrogens with zero attached hydrogens (tertiary/aromatic N) is 3. The Balaban J connectivity index is 1.90. The van der Waals surface area contributed by atoms with Crippen molar-refractivity contribution in [1.82, 2.24) is 15.3 Å². The van der Waals surface area contributed by atoms with E-state index in [0.29, 0.717) is 28.8 Å². The lowest BCUT2D eigenvalue weighted by atomic mass is 9.87. The highest BCUT2D eigenvalue weighted by molar-refractivity contribution is 6.21. The minimum atomic E-state index is -0.123. The maximum absolute atomic E-state index is 13.2. The first kappa shape index (κ1) is 28.3. The number of allylic oxidation sites excluding steroid dienone is 5. The lowest BCUT2D eigenvalue weighted by Gasteiger charge is -2.24. The summed E-state index contributed by atoms with van der Waals surface area (Å²) in [5.74, 6) is 1.81. The number of aromatic nitrogens is 2. The van der Waals surface area contributed by atoms with E-state index in [-0.39, 0.29) is 5.78 Å². The van der Waals surface area contributed by atoms with Crippen molar-refractivity contribution in [2.24, 2.45) is 4.99 Å². The van der Waals surface area contributed by atoms with Crippen LogP contribution in [0.3, 0.4) is 0 Å². The standard InChI is InChI=1S/C32H36N6O2/c1-21(29(23-11-7-5-8-12-23)31(34-3)25-13-9-6-10-14-25)37-32(38-28-20-35-27(33)19-36-28)30(22(2)39)24-15-17-26(40-4)18-16-24/h6,9-11,13-20,37H,5,7-8,12H2,1-4H3,(H2,33,35)(H,36,38)/b29-21+,32-30-,34-31-. The predicted octanol–water partition coefficient (Wildman–Crippen LogP) is 5.92. The zero-order chi connectivity index (χ0) is 28.5. The van der Waals surface area contributed by atoms with Gasteiger partial charge in [0.05, 0.1) is 30.8 Å². The number of rotatable bonds is 10. The SMILES string of the molecule is C/N=C(\C(C1=CCCCC1)=C(/C)N/C(Nc1cnc(N)cn1)=C(\C(C)=O)c1ccc(OC)cc1)c1ccccc1. The number of aliphatic imine (C=N–C) groups is 1. The number of carbonyl (C=O) groups is 1. The van der Waals surface area contributed by atoms with Gasteiger partial charge in [-0.1, -0.05) is 48.5 Å². The van der Waals surface area contributed by atoms with Gasteiger partial charge in [-0.05, 0) is 62.8 Å². The highest BCUT2D eigenvalue weighted by atomic mass is 16.5. The molecular weight excluding hydrogens is 500 g/mol. The molecule has 0 fully saturated rings. The van der Waals surface area contributed by atoms with Crippen molar-refractivity contribution in [3.05, 3.63) is 107 Å². The molecule has 0 unspecified atom stereocenters. The Morgan fingerprint density at radius 2 is 1.70 bits per heavy atom. The van der Waals surface area contributed by atoms with Crippen LogP contribution in [0.15, 0.2) is 101 Å². The summed E-state index contributed by atoms with van der Waals surface area (Å²) in [6.07, 6.45) is 9.56. The number of hydrogen-bond acceptors (Lipinski definition) is 8. The lowest BCUT2D eigenvalue weighted by Crippen LogP contribution is -2.26. The van der Waals surface area contributed by atoms with Gasteiger partial charge in [-0.25, -0.2) is 9.97 Å². The van der Waals surface area contributed by atoms with E-state index in [9.17, 15) is 4.79 Å². The van der Waals surface area contributed by atoms with Crippen molar-refractivity contribution >= 4 is 28.7 Å². The summed E-state index contributed by atoms with van der Waals surface area (Å²) in [6, 6.07) is 17.5. The molecule has 0 spiro atoms. The van der Waals surface area contributed by atoms with Crippen LogP contribution in [0.2, 0.25) is 0 Å². The van der Waals surface area contributed by atoms with E-state index in [1.165, 1.54) is 24.4 Å². The van der Waals surface area contributed by atoms with Crippen molar-refractivity contribution in [3.8, 4) is 5.75 Å². The molecule has 40 heavy (non-hydrogen) atoms. The highest BCUT2D eigenvalue weighted by Gasteiger charge is 2.22. The average molecular weight is 537 g/mol. The summed E-state index contributed by atoms with van der Waals surface area (Å²) in [7, 11) is 3.43. The van der Waals surface area contributed by atoms with Crippen molar-refractivity contribution in [2.75, 3.05) is 25.2 Å². The molecule has 4 rings (SSSR count). The molecule has 1 aliphatic carbocycles. The number of carbonyl (C=O) groups excluding carboxylic acids is 1. The number of benzene rings is 2. The van der Waals surface area contributed by atoms with Crippen LogP contribution in [0, 0.1) is 0 Å². The van der Waals surface area contributed by atoms with Crippen LogP contribution >= 0.6 is 0 Å². The minimum absolute atomic E-state index is 0.123. The lowest BCUT2D eigenvalue weighted by molar-refractivity contribution is -0.111. The molecule has 0 saturated carbocycles. The molecule has 3 aromatic rings.